The van der Waals surface area contributed by atoms with Gasteiger partial charge in [-0.15, -0.1) is 12.4 Å². The van der Waals surface area contributed by atoms with Crippen LogP contribution < -0.4 is 5.32 Å². The molecule has 5 heteroatoms. The summed E-state index contributed by atoms with van der Waals surface area (Å²) in [6.45, 7) is 3.76. The SMILES string of the molecule is Cl.O=C(C1Cc2ccccc2CN1)N1CCCOCC1. The van der Waals surface area contributed by atoms with E-state index in [1.54, 1.807) is 0 Å². The molecule has 0 bridgehead atoms. The summed E-state index contributed by atoms with van der Waals surface area (Å²) in [7, 11) is 0. The predicted octanol–water partition coefficient (Wildman–Crippen LogP) is 1.37. The molecule has 20 heavy (non-hydrogen) atoms. The van der Waals surface area contributed by atoms with Crippen molar-refractivity contribution in [3.8, 4) is 0 Å². The Bertz CT molecular complexity index is 459. The number of amides is 1. The van der Waals surface area contributed by atoms with E-state index in [0.29, 0.717) is 6.61 Å². The highest BCUT2D eigenvalue weighted by Crippen LogP contribution is 2.17. The molecule has 4 nitrogen and oxygen atoms in total. The number of nitrogens with zero attached hydrogens (tertiary/aromatic N) is 1. The van der Waals surface area contributed by atoms with Crippen LogP contribution in [0.3, 0.4) is 0 Å². The van der Waals surface area contributed by atoms with E-state index in [1.807, 2.05) is 11.0 Å². The van der Waals surface area contributed by atoms with Gasteiger partial charge < -0.3 is 15.0 Å². The maximum Gasteiger partial charge on any atom is 0.240 e. The first kappa shape index (κ1) is 15.3. The number of carbonyl (C=O) groups is 1. The molecule has 1 fully saturated rings. The van der Waals surface area contributed by atoms with Crippen LogP contribution in [-0.4, -0.2) is 43.2 Å². The zero-order chi connectivity index (χ0) is 13.1. The van der Waals surface area contributed by atoms with Gasteiger partial charge in [0.1, 0.15) is 0 Å². The molecular weight excluding hydrogens is 276 g/mol. The molecule has 0 radical (unpaired) electrons. The quantitative estimate of drug-likeness (QED) is 0.851. The van der Waals surface area contributed by atoms with E-state index in [1.165, 1.54) is 11.1 Å². The predicted molar refractivity (Wildman–Crippen MR) is 80.0 cm³/mol. The number of benzene rings is 1. The summed E-state index contributed by atoms with van der Waals surface area (Å²) in [4.78, 5) is 14.5. The topological polar surface area (TPSA) is 41.6 Å². The van der Waals surface area contributed by atoms with Gasteiger partial charge in [0.15, 0.2) is 0 Å². The third-order valence-electron chi connectivity index (χ3n) is 3.91. The summed E-state index contributed by atoms with van der Waals surface area (Å²) in [5.74, 6) is 0.222. The number of carbonyl (C=O) groups excluding carboxylic acids is 1. The molecule has 3 rings (SSSR count). The zero-order valence-corrected chi connectivity index (χ0v) is 12.3. The number of ether oxygens (including phenoxy) is 1. The van der Waals surface area contributed by atoms with E-state index >= 15 is 0 Å². The molecule has 1 amide bonds. The smallest absolute Gasteiger partial charge is 0.240 e. The van der Waals surface area contributed by atoms with Crippen LogP contribution in [0.25, 0.3) is 0 Å². The van der Waals surface area contributed by atoms with Crippen molar-refractivity contribution in [2.45, 2.75) is 25.4 Å². The van der Waals surface area contributed by atoms with Crippen LogP contribution in [0.4, 0.5) is 0 Å². The first-order chi connectivity index (χ1) is 9.34. The lowest BCUT2D eigenvalue weighted by atomic mass is 9.95. The molecule has 2 aliphatic rings. The molecule has 2 aliphatic heterocycles. The van der Waals surface area contributed by atoms with Gasteiger partial charge in [-0.1, -0.05) is 24.3 Å². The molecule has 2 heterocycles. The van der Waals surface area contributed by atoms with E-state index in [-0.39, 0.29) is 24.4 Å². The number of rotatable bonds is 1. The molecule has 1 aromatic rings. The van der Waals surface area contributed by atoms with Gasteiger partial charge in [0.05, 0.1) is 12.6 Å². The molecular formula is C15H21ClN2O2. The second-order valence-electron chi connectivity index (χ2n) is 5.20. The van der Waals surface area contributed by atoms with Gasteiger partial charge in [-0.2, -0.15) is 0 Å². The Kier molecular flexibility index (Phi) is 5.40. The molecule has 1 atom stereocenters. The third-order valence-corrected chi connectivity index (χ3v) is 3.91. The highest BCUT2D eigenvalue weighted by Gasteiger charge is 2.28. The van der Waals surface area contributed by atoms with Gasteiger partial charge in [-0.25, -0.2) is 0 Å². The average Bonchev–Trinajstić information content (AvgIpc) is 2.75. The Labute approximate surface area is 125 Å². The first-order valence-corrected chi connectivity index (χ1v) is 7.01. The summed E-state index contributed by atoms with van der Waals surface area (Å²) in [6, 6.07) is 8.28. The van der Waals surface area contributed by atoms with Crippen molar-refractivity contribution in [2.75, 3.05) is 26.3 Å². The van der Waals surface area contributed by atoms with E-state index in [2.05, 4.69) is 23.5 Å². The van der Waals surface area contributed by atoms with Gasteiger partial charge in [-0.3, -0.25) is 4.79 Å². The van der Waals surface area contributed by atoms with E-state index in [9.17, 15) is 4.79 Å². The number of fused-ring (bicyclic) bond motifs is 1. The van der Waals surface area contributed by atoms with Crippen molar-refractivity contribution in [1.82, 2.24) is 10.2 Å². The molecule has 1 aromatic carbocycles. The Morgan fingerprint density at radius 3 is 2.85 bits per heavy atom. The second-order valence-corrected chi connectivity index (χ2v) is 5.20. The second kappa shape index (κ2) is 7.07. The highest BCUT2D eigenvalue weighted by atomic mass is 35.5. The van der Waals surface area contributed by atoms with Crippen molar-refractivity contribution >= 4 is 18.3 Å². The van der Waals surface area contributed by atoms with Gasteiger partial charge >= 0.3 is 0 Å². The van der Waals surface area contributed by atoms with Crippen LogP contribution in [0.15, 0.2) is 24.3 Å². The van der Waals surface area contributed by atoms with Gasteiger partial charge in [0, 0.05) is 26.2 Å². The third kappa shape index (κ3) is 3.32. The normalized spacial score (nSPS) is 22.4. The monoisotopic (exact) mass is 296 g/mol. The molecule has 1 N–H and O–H groups in total. The number of nitrogens with one attached hydrogen (secondary N) is 1. The van der Waals surface area contributed by atoms with Crippen molar-refractivity contribution in [1.29, 1.82) is 0 Å². The lowest BCUT2D eigenvalue weighted by Crippen LogP contribution is -2.50. The fraction of sp³-hybridized carbons (Fsp3) is 0.533. The summed E-state index contributed by atoms with van der Waals surface area (Å²) in [6.07, 6.45) is 1.74. The Balaban J connectivity index is 0.00000147. The van der Waals surface area contributed by atoms with Crippen LogP contribution in [0, 0.1) is 0 Å². The lowest BCUT2D eigenvalue weighted by molar-refractivity contribution is -0.133. The molecule has 0 aliphatic carbocycles. The first-order valence-electron chi connectivity index (χ1n) is 7.01. The summed E-state index contributed by atoms with van der Waals surface area (Å²) >= 11 is 0. The molecule has 1 unspecified atom stereocenters. The molecule has 0 saturated carbocycles. The summed E-state index contributed by atoms with van der Waals surface area (Å²) in [5.41, 5.74) is 2.61. The molecule has 0 spiro atoms. The Morgan fingerprint density at radius 2 is 2.00 bits per heavy atom. The van der Waals surface area contributed by atoms with Crippen molar-refractivity contribution < 1.29 is 9.53 Å². The van der Waals surface area contributed by atoms with Crippen LogP contribution in [0.2, 0.25) is 0 Å². The number of hydrogen-bond acceptors (Lipinski definition) is 3. The molecule has 110 valence electrons. The minimum absolute atomic E-state index is 0. The van der Waals surface area contributed by atoms with E-state index in [0.717, 1.165) is 39.1 Å². The van der Waals surface area contributed by atoms with Gasteiger partial charge in [0.2, 0.25) is 5.91 Å². The van der Waals surface area contributed by atoms with Crippen LogP contribution in [0.1, 0.15) is 17.5 Å². The maximum absolute atomic E-state index is 12.5. The van der Waals surface area contributed by atoms with Crippen molar-refractivity contribution in [3.05, 3.63) is 35.4 Å². The minimum atomic E-state index is -0.0759. The molecule has 1 saturated heterocycles. The van der Waals surface area contributed by atoms with E-state index < -0.39 is 0 Å². The fourth-order valence-corrected chi connectivity index (χ4v) is 2.82. The number of halogens is 1. The van der Waals surface area contributed by atoms with Gasteiger partial charge in [0.25, 0.3) is 0 Å². The maximum atomic E-state index is 12.5. The standard InChI is InChI=1S/C15H20N2O2.ClH/c18-15(17-6-3-8-19-9-7-17)14-10-12-4-1-2-5-13(12)11-16-14;/h1-2,4-5,14,16H,3,6-11H2;1H. The zero-order valence-electron chi connectivity index (χ0n) is 11.5. The fourth-order valence-electron chi connectivity index (χ4n) is 2.82. The van der Waals surface area contributed by atoms with Crippen LogP contribution >= 0.6 is 12.4 Å². The van der Waals surface area contributed by atoms with Crippen LogP contribution in [-0.2, 0) is 22.5 Å². The minimum Gasteiger partial charge on any atom is -0.380 e. The lowest BCUT2D eigenvalue weighted by Gasteiger charge is -2.30. The van der Waals surface area contributed by atoms with Crippen LogP contribution in [0.5, 0.6) is 0 Å². The average molecular weight is 297 g/mol. The molecule has 0 aromatic heterocycles. The van der Waals surface area contributed by atoms with Gasteiger partial charge in [-0.05, 0) is 24.0 Å². The van der Waals surface area contributed by atoms with E-state index in [4.69, 9.17) is 4.74 Å². The highest BCUT2D eigenvalue weighted by molar-refractivity contribution is 5.85. The summed E-state index contributed by atoms with van der Waals surface area (Å²) in [5, 5.41) is 3.36. The Hall–Kier alpha value is -1.10. The number of hydrogen-bond donors (Lipinski definition) is 1. The Morgan fingerprint density at radius 1 is 1.20 bits per heavy atom. The largest absolute Gasteiger partial charge is 0.380 e. The van der Waals surface area contributed by atoms with Crippen molar-refractivity contribution in [3.63, 3.8) is 0 Å². The summed E-state index contributed by atoms with van der Waals surface area (Å²) < 4.78 is 5.40. The van der Waals surface area contributed by atoms with Crippen molar-refractivity contribution in [2.24, 2.45) is 0 Å².